The summed E-state index contributed by atoms with van der Waals surface area (Å²) >= 11 is 0. The van der Waals surface area contributed by atoms with Gasteiger partial charge < -0.3 is 5.11 Å². The fourth-order valence-electron chi connectivity index (χ4n) is 1.49. The molecule has 0 amide bonds. The van der Waals surface area contributed by atoms with Crippen LogP contribution in [0.2, 0.25) is 0 Å². The molecule has 0 aliphatic heterocycles. The van der Waals surface area contributed by atoms with Gasteiger partial charge in [-0.2, -0.15) is 0 Å². The summed E-state index contributed by atoms with van der Waals surface area (Å²) in [7, 11) is 0. The minimum atomic E-state index is 0.0793. The molecule has 0 saturated heterocycles. The Labute approximate surface area is 62.1 Å². The van der Waals surface area contributed by atoms with Crippen LogP contribution < -0.4 is 5.11 Å². The molecule has 10 heavy (non-hydrogen) atoms. The van der Waals surface area contributed by atoms with E-state index < -0.39 is 0 Å². The summed E-state index contributed by atoms with van der Waals surface area (Å²) in [5.74, 6) is 0.161. The van der Waals surface area contributed by atoms with Crippen molar-refractivity contribution < 1.29 is 5.11 Å². The van der Waals surface area contributed by atoms with Gasteiger partial charge in [-0.15, -0.1) is 5.76 Å². The average molecular weight is 137 g/mol. The van der Waals surface area contributed by atoms with Gasteiger partial charge in [-0.3, -0.25) is 0 Å². The smallest absolute Gasteiger partial charge is 0.0141 e. The van der Waals surface area contributed by atoms with Gasteiger partial charge >= 0.3 is 0 Å². The standard InChI is InChI=1S/C9H14O/c1-7-4-8(10)6-9(2,3)5-7/h4,6,10H,5H2,1-3H3/p-1. The zero-order chi connectivity index (χ0) is 7.78. The summed E-state index contributed by atoms with van der Waals surface area (Å²) in [6, 6.07) is 0. The van der Waals surface area contributed by atoms with Crippen molar-refractivity contribution in [1.82, 2.24) is 0 Å². The second kappa shape index (κ2) is 2.15. The van der Waals surface area contributed by atoms with E-state index in [9.17, 15) is 5.11 Å². The summed E-state index contributed by atoms with van der Waals surface area (Å²) in [5.41, 5.74) is 1.27. The highest BCUT2D eigenvalue weighted by molar-refractivity contribution is 5.24. The maximum absolute atomic E-state index is 11.0. The largest absolute Gasteiger partial charge is 0.873 e. The summed E-state index contributed by atoms with van der Waals surface area (Å²) in [5, 5.41) is 11.0. The van der Waals surface area contributed by atoms with Crippen LogP contribution in [0.3, 0.4) is 0 Å². The summed E-state index contributed by atoms with van der Waals surface area (Å²) < 4.78 is 0. The molecular formula is C9H13O-. The van der Waals surface area contributed by atoms with Crippen molar-refractivity contribution in [3.63, 3.8) is 0 Å². The fraction of sp³-hybridized carbons (Fsp3) is 0.556. The van der Waals surface area contributed by atoms with Gasteiger partial charge in [0.25, 0.3) is 0 Å². The SMILES string of the molecule is CC1=CC([O-])=CC(C)(C)C1. The van der Waals surface area contributed by atoms with Gasteiger partial charge in [0.2, 0.25) is 0 Å². The topological polar surface area (TPSA) is 23.1 Å². The highest BCUT2D eigenvalue weighted by atomic mass is 16.3. The highest BCUT2D eigenvalue weighted by Crippen LogP contribution is 2.31. The van der Waals surface area contributed by atoms with E-state index in [0.717, 1.165) is 6.42 Å². The third-order valence-electron chi connectivity index (χ3n) is 1.66. The van der Waals surface area contributed by atoms with Crippen molar-refractivity contribution in [2.45, 2.75) is 27.2 Å². The third kappa shape index (κ3) is 1.63. The lowest BCUT2D eigenvalue weighted by atomic mass is 9.82. The van der Waals surface area contributed by atoms with E-state index in [1.165, 1.54) is 5.57 Å². The molecule has 0 unspecified atom stereocenters. The van der Waals surface area contributed by atoms with Crippen molar-refractivity contribution >= 4 is 0 Å². The minimum absolute atomic E-state index is 0.0793. The molecule has 0 saturated carbocycles. The molecule has 0 fully saturated rings. The van der Waals surface area contributed by atoms with E-state index in [1.807, 2.05) is 6.92 Å². The molecule has 0 aromatic carbocycles. The molecule has 0 radical (unpaired) electrons. The number of hydrogen-bond acceptors (Lipinski definition) is 1. The van der Waals surface area contributed by atoms with Crippen LogP contribution in [-0.2, 0) is 0 Å². The Bertz CT molecular complexity index is 197. The lowest BCUT2D eigenvalue weighted by Gasteiger charge is -2.28. The fourth-order valence-corrected chi connectivity index (χ4v) is 1.49. The Morgan fingerprint density at radius 3 is 2.50 bits per heavy atom. The van der Waals surface area contributed by atoms with E-state index in [1.54, 1.807) is 12.2 Å². The Morgan fingerprint density at radius 1 is 1.50 bits per heavy atom. The van der Waals surface area contributed by atoms with Gasteiger partial charge in [0.1, 0.15) is 0 Å². The van der Waals surface area contributed by atoms with Crippen LogP contribution in [0, 0.1) is 5.41 Å². The van der Waals surface area contributed by atoms with Gasteiger partial charge in [-0.1, -0.05) is 31.6 Å². The molecule has 1 heteroatoms. The Morgan fingerprint density at radius 2 is 2.10 bits per heavy atom. The van der Waals surface area contributed by atoms with E-state index in [2.05, 4.69) is 13.8 Å². The van der Waals surface area contributed by atoms with Crippen LogP contribution in [-0.4, -0.2) is 0 Å². The lowest BCUT2D eigenvalue weighted by molar-refractivity contribution is -0.296. The first-order valence-corrected chi connectivity index (χ1v) is 3.57. The molecule has 0 aromatic rings. The van der Waals surface area contributed by atoms with Crippen molar-refractivity contribution in [2.24, 2.45) is 5.41 Å². The molecule has 0 bridgehead atoms. The predicted octanol–water partition coefficient (Wildman–Crippen LogP) is 1.61. The van der Waals surface area contributed by atoms with Crippen molar-refractivity contribution in [3.8, 4) is 0 Å². The first-order valence-electron chi connectivity index (χ1n) is 3.57. The molecule has 56 valence electrons. The van der Waals surface area contributed by atoms with Crippen molar-refractivity contribution in [2.75, 3.05) is 0 Å². The second-order valence-corrected chi connectivity index (χ2v) is 3.70. The number of rotatable bonds is 0. The number of allylic oxidation sites excluding steroid dienone is 3. The summed E-state index contributed by atoms with van der Waals surface area (Å²) in [6.45, 7) is 6.18. The number of hydrogen-bond donors (Lipinski definition) is 0. The van der Waals surface area contributed by atoms with Crippen LogP contribution in [0.5, 0.6) is 0 Å². The Hall–Kier alpha value is -0.720. The monoisotopic (exact) mass is 137 g/mol. The molecule has 0 heterocycles. The van der Waals surface area contributed by atoms with E-state index in [4.69, 9.17) is 0 Å². The summed E-state index contributed by atoms with van der Waals surface area (Å²) in [4.78, 5) is 0. The zero-order valence-corrected chi connectivity index (χ0v) is 6.77. The predicted molar refractivity (Wildman–Crippen MR) is 40.2 cm³/mol. The van der Waals surface area contributed by atoms with Crippen LogP contribution in [0.25, 0.3) is 0 Å². The third-order valence-corrected chi connectivity index (χ3v) is 1.66. The molecule has 1 rings (SSSR count). The van der Waals surface area contributed by atoms with Gasteiger partial charge in [0.15, 0.2) is 0 Å². The quantitative estimate of drug-likeness (QED) is 0.497. The van der Waals surface area contributed by atoms with Gasteiger partial charge in [0, 0.05) is 0 Å². The second-order valence-electron chi connectivity index (χ2n) is 3.70. The van der Waals surface area contributed by atoms with E-state index >= 15 is 0 Å². The molecule has 0 aromatic heterocycles. The molecule has 1 aliphatic carbocycles. The highest BCUT2D eigenvalue weighted by Gasteiger charge is 2.16. The molecular weight excluding hydrogens is 124 g/mol. The van der Waals surface area contributed by atoms with Crippen LogP contribution in [0.15, 0.2) is 23.5 Å². The molecule has 1 aliphatic rings. The maximum Gasteiger partial charge on any atom is -0.0141 e. The zero-order valence-electron chi connectivity index (χ0n) is 6.77. The molecule has 1 nitrogen and oxygen atoms in total. The Kier molecular flexibility index (Phi) is 1.59. The van der Waals surface area contributed by atoms with Crippen LogP contribution in [0.4, 0.5) is 0 Å². The minimum Gasteiger partial charge on any atom is -0.873 e. The van der Waals surface area contributed by atoms with E-state index in [-0.39, 0.29) is 11.2 Å². The first-order chi connectivity index (χ1) is 4.49. The summed E-state index contributed by atoms with van der Waals surface area (Å²) in [6.07, 6.45) is 4.52. The van der Waals surface area contributed by atoms with Crippen molar-refractivity contribution in [3.05, 3.63) is 23.5 Å². The van der Waals surface area contributed by atoms with Crippen LogP contribution >= 0.6 is 0 Å². The molecule has 0 spiro atoms. The van der Waals surface area contributed by atoms with Gasteiger partial charge in [-0.25, -0.2) is 0 Å². The molecule has 0 atom stereocenters. The maximum atomic E-state index is 11.0. The average Bonchev–Trinajstić information content (AvgIpc) is 1.54. The van der Waals surface area contributed by atoms with Gasteiger partial charge in [-0.05, 0) is 18.8 Å². The van der Waals surface area contributed by atoms with E-state index in [0.29, 0.717) is 0 Å². The normalized spacial score (nSPS) is 23.5. The first kappa shape index (κ1) is 7.39. The van der Waals surface area contributed by atoms with Gasteiger partial charge in [0.05, 0.1) is 0 Å². The van der Waals surface area contributed by atoms with Crippen molar-refractivity contribution in [1.29, 1.82) is 0 Å². The van der Waals surface area contributed by atoms with Crippen LogP contribution in [0.1, 0.15) is 27.2 Å². The lowest BCUT2D eigenvalue weighted by Crippen LogP contribution is -2.17. The Balaban J connectivity index is 2.88. The molecule has 0 N–H and O–H groups in total.